The average molecular weight is 279 g/mol. The summed E-state index contributed by atoms with van der Waals surface area (Å²) in [7, 11) is 0. The summed E-state index contributed by atoms with van der Waals surface area (Å²) in [4.78, 5) is 11.0. The first-order valence-corrected chi connectivity index (χ1v) is 7.28. The fraction of sp³-hybridized carbons (Fsp3) is 0.562. The zero-order valence-electron chi connectivity index (χ0n) is 12.1. The van der Waals surface area contributed by atoms with Gasteiger partial charge in [0.2, 0.25) is 0 Å². The molecule has 2 unspecified atom stereocenters. The number of aryl methyl sites for hydroxylation is 1. The van der Waals surface area contributed by atoms with Crippen LogP contribution in [0.4, 0.5) is 0 Å². The van der Waals surface area contributed by atoms with Crippen LogP contribution in [0.15, 0.2) is 24.3 Å². The molecule has 0 aliphatic rings. The van der Waals surface area contributed by atoms with Gasteiger partial charge in [-0.15, -0.1) is 0 Å². The first-order valence-electron chi connectivity index (χ1n) is 7.28. The molecule has 0 bridgehead atoms. The Morgan fingerprint density at radius 2 is 2.05 bits per heavy atom. The van der Waals surface area contributed by atoms with Gasteiger partial charge in [0.05, 0.1) is 5.92 Å². The van der Waals surface area contributed by atoms with Gasteiger partial charge in [-0.25, -0.2) is 0 Å². The Labute approximate surface area is 120 Å². The molecule has 20 heavy (non-hydrogen) atoms. The van der Waals surface area contributed by atoms with E-state index >= 15 is 0 Å². The van der Waals surface area contributed by atoms with E-state index in [9.17, 15) is 9.90 Å². The summed E-state index contributed by atoms with van der Waals surface area (Å²) in [5, 5.41) is 18.7. The largest absolute Gasteiger partial charge is 0.508 e. The maximum Gasteiger partial charge on any atom is 0.307 e. The number of rotatable bonds is 9. The molecule has 0 saturated heterocycles. The summed E-state index contributed by atoms with van der Waals surface area (Å²) in [5.74, 6) is -0.520. The minimum atomic E-state index is -0.799. The summed E-state index contributed by atoms with van der Waals surface area (Å²) >= 11 is 0. The Kier molecular flexibility index (Phi) is 7.09. The molecule has 0 radical (unpaired) electrons. The smallest absolute Gasteiger partial charge is 0.307 e. The maximum atomic E-state index is 11.0. The average Bonchev–Trinajstić information content (AvgIpc) is 2.44. The lowest BCUT2D eigenvalue weighted by Gasteiger charge is -2.18. The molecule has 0 amide bonds. The van der Waals surface area contributed by atoms with Gasteiger partial charge in [-0.2, -0.15) is 0 Å². The fourth-order valence-corrected chi connectivity index (χ4v) is 2.49. The van der Waals surface area contributed by atoms with E-state index in [1.165, 1.54) is 0 Å². The van der Waals surface area contributed by atoms with Crippen LogP contribution in [-0.4, -0.2) is 22.7 Å². The lowest BCUT2D eigenvalue weighted by atomic mass is 9.88. The summed E-state index contributed by atoms with van der Waals surface area (Å²) in [6, 6.07) is 7.35. The van der Waals surface area contributed by atoms with Crippen LogP contribution in [0, 0.1) is 11.8 Å². The molecule has 2 atom stereocenters. The van der Waals surface area contributed by atoms with Crippen LogP contribution in [0.5, 0.6) is 5.75 Å². The number of carboxylic acids is 1. The summed E-state index contributed by atoms with van der Waals surface area (Å²) in [5.41, 5.74) is 6.46. The van der Waals surface area contributed by atoms with Crippen molar-refractivity contribution in [2.75, 3.05) is 6.54 Å². The second kappa shape index (κ2) is 8.59. The first-order chi connectivity index (χ1) is 9.58. The highest BCUT2D eigenvalue weighted by Gasteiger charge is 2.20. The van der Waals surface area contributed by atoms with E-state index in [1.54, 1.807) is 6.07 Å². The monoisotopic (exact) mass is 279 g/mol. The predicted octanol–water partition coefficient (Wildman–Crippen LogP) is 2.79. The van der Waals surface area contributed by atoms with Crippen LogP contribution in [-0.2, 0) is 11.2 Å². The van der Waals surface area contributed by atoms with E-state index in [-0.39, 0.29) is 6.54 Å². The molecule has 0 fully saturated rings. The number of para-hydroxylation sites is 1. The molecule has 4 heteroatoms. The molecule has 112 valence electrons. The van der Waals surface area contributed by atoms with Crippen LogP contribution in [0.2, 0.25) is 0 Å². The van der Waals surface area contributed by atoms with Gasteiger partial charge in [0.15, 0.2) is 0 Å². The van der Waals surface area contributed by atoms with E-state index in [2.05, 4.69) is 6.92 Å². The van der Waals surface area contributed by atoms with Crippen molar-refractivity contribution in [1.82, 2.24) is 0 Å². The van der Waals surface area contributed by atoms with Gasteiger partial charge in [-0.05, 0) is 36.8 Å². The molecule has 4 N–H and O–H groups in total. The van der Waals surface area contributed by atoms with E-state index < -0.39 is 11.9 Å². The third kappa shape index (κ3) is 5.21. The zero-order chi connectivity index (χ0) is 15.0. The lowest BCUT2D eigenvalue weighted by Crippen LogP contribution is -2.25. The molecule has 1 rings (SSSR count). The minimum Gasteiger partial charge on any atom is -0.508 e. The quantitative estimate of drug-likeness (QED) is 0.649. The van der Waals surface area contributed by atoms with Gasteiger partial charge < -0.3 is 15.9 Å². The summed E-state index contributed by atoms with van der Waals surface area (Å²) < 4.78 is 0. The maximum absolute atomic E-state index is 11.0. The van der Waals surface area contributed by atoms with E-state index in [4.69, 9.17) is 10.8 Å². The van der Waals surface area contributed by atoms with Gasteiger partial charge >= 0.3 is 5.97 Å². The van der Waals surface area contributed by atoms with Crippen LogP contribution in [0.25, 0.3) is 0 Å². The highest BCUT2D eigenvalue weighted by atomic mass is 16.4. The second-order valence-electron chi connectivity index (χ2n) is 5.30. The van der Waals surface area contributed by atoms with Crippen molar-refractivity contribution in [2.45, 2.75) is 39.0 Å². The Morgan fingerprint density at radius 3 is 2.60 bits per heavy atom. The van der Waals surface area contributed by atoms with Crippen LogP contribution >= 0.6 is 0 Å². The van der Waals surface area contributed by atoms with E-state index in [0.717, 1.165) is 31.2 Å². The molecule has 1 aromatic carbocycles. The van der Waals surface area contributed by atoms with Gasteiger partial charge in [0.25, 0.3) is 0 Å². The highest BCUT2D eigenvalue weighted by Crippen LogP contribution is 2.24. The van der Waals surface area contributed by atoms with Crippen molar-refractivity contribution in [1.29, 1.82) is 0 Å². The number of benzene rings is 1. The number of aliphatic carboxylic acids is 1. The Hall–Kier alpha value is -1.55. The van der Waals surface area contributed by atoms with Crippen molar-refractivity contribution in [2.24, 2.45) is 17.6 Å². The number of carboxylic acid groups (broad SMARTS) is 1. The van der Waals surface area contributed by atoms with Gasteiger partial charge in [0.1, 0.15) is 5.75 Å². The number of phenols is 1. The number of nitrogens with two attached hydrogens (primary N) is 1. The molecule has 0 heterocycles. The standard InChI is InChI=1S/C16H25NO3/c1-2-12(10-14(11-17)16(19)20)6-5-8-13-7-3-4-9-15(13)18/h3-4,7,9,12,14,18H,2,5-6,8,10-11,17H2,1H3,(H,19,20). The number of hydrogen-bond donors (Lipinski definition) is 3. The summed E-state index contributed by atoms with van der Waals surface area (Å²) in [6.07, 6.45) is 4.35. The van der Waals surface area contributed by atoms with Crippen molar-refractivity contribution in [3.05, 3.63) is 29.8 Å². The normalized spacial score (nSPS) is 13.9. The van der Waals surface area contributed by atoms with Gasteiger partial charge in [-0.3, -0.25) is 4.79 Å². The van der Waals surface area contributed by atoms with Crippen LogP contribution < -0.4 is 5.73 Å². The number of hydrogen-bond acceptors (Lipinski definition) is 3. The molecule has 4 nitrogen and oxygen atoms in total. The molecular formula is C16H25NO3. The summed E-state index contributed by atoms with van der Waals surface area (Å²) in [6.45, 7) is 2.28. The zero-order valence-corrected chi connectivity index (χ0v) is 12.1. The van der Waals surface area contributed by atoms with E-state index in [1.807, 2.05) is 18.2 Å². The third-order valence-corrected chi connectivity index (χ3v) is 3.88. The van der Waals surface area contributed by atoms with E-state index in [0.29, 0.717) is 18.1 Å². The van der Waals surface area contributed by atoms with Crippen molar-refractivity contribution >= 4 is 5.97 Å². The Balaban J connectivity index is 2.42. The van der Waals surface area contributed by atoms with Gasteiger partial charge in [0, 0.05) is 6.54 Å². The predicted molar refractivity (Wildman–Crippen MR) is 79.6 cm³/mol. The van der Waals surface area contributed by atoms with Crippen molar-refractivity contribution in [3.8, 4) is 5.75 Å². The molecular weight excluding hydrogens is 254 g/mol. The SMILES string of the molecule is CCC(CCCc1ccccc1O)CC(CN)C(=O)O. The number of aromatic hydroxyl groups is 1. The van der Waals surface area contributed by atoms with Crippen LogP contribution in [0.1, 0.15) is 38.2 Å². The topological polar surface area (TPSA) is 83.5 Å². The lowest BCUT2D eigenvalue weighted by molar-refractivity contribution is -0.142. The molecule has 0 saturated carbocycles. The highest BCUT2D eigenvalue weighted by molar-refractivity contribution is 5.70. The molecule has 1 aromatic rings. The third-order valence-electron chi connectivity index (χ3n) is 3.88. The minimum absolute atomic E-state index is 0.200. The fourth-order valence-electron chi connectivity index (χ4n) is 2.49. The number of phenolic OH excluding ortho intramolecular Hbond substituents is 1. The first kappa shape index (κ1) is 16.5. The van der Waals surface area contributed by atoms with Crippen molar-refractivity contribution in [3.63, 3.8) is 0 Å². The van der Waals surface area contributed by atoms with Crippen LogP contribution in [0.3, 0.4) is 0 Å². The molecule has 0 spiro atoms. The molecule has 0 aliphatic heterocycles. The Bertz CT molecular complexity index is 420. The molecule has 0 aliphatic carbocycles. The second-order valence-corrected chi connectivity index (χ2v) is 5.30. The Morgan fingerprint density at radius 1 is 1.35 bits per heavy atom. The van der Waals surface area contributed by atoms with Gasteiger partial charge in [-0.1, -0.05) is 38.0 Å². The molecule has 0 aromatic heterocycles. The number of carbonyl (C=O) groups is 1. The van der Waals surface area contributed by atoms with Crippen molar-refractivity contribution < 1.29 is 15.0 Å².